The molecule has 1 saturated carbocycles. The molecule has 1 aliphatic carbocycles. The van der Waals surface area contributed by atoms with Crippen LogP contribution < -0.4 is 10.6 Å². The van der Waals surface area contributed by atoms with Crippen LogP contribution in [0.5, 0.6) is 0 Å². The van der Waals surface area contributed by atoms with E-state index in [4.69, 9.17) is 0 Å². The fourth-order valence-corrected chi connectivity index (χ4v) is 5.39. The standard InChI is InChI=1S/C24H29N5O3S/c1-4-17-9-11-24(12-10-17)21(31)29(23(32)28-24)14-20(30)27-18-5-7-19(8-6-18)33-22-25-15(2)13-16(3)26-22/h5-8,13,17H,4,9-12,14H2,1-3H3,(H,27,30)(H,28,32). The molecule has 174 valence electrons. The lowest BCUT2D eigenvalue weighted by Crippen LogP contribution is -2.49. The van der Waals surface area contributed by atoms with Crippen molar-refractivity contribution < 1.29 is 14.4 Å². The summed E-state index contributed by atoms with van der Waals surface area (Å²) < 4.78 is 0. The van der Waals surface area contributed by atoms with E-state index in [1.165, 1.54) is 11.8 Å². The minimum Gasteiger partial charge on any atom is -0.325 e. The van der Waals surface area contributed by atoms with E-state index in [9.17, 15) is 14.4 Å². The van der Waals surface area contributed by atoms with Crippen LogP contribution >= 0.6 is 11.8 Å². The fraction of sp³-hybridized carbons (Fsp3) is 0.458. The molecule has 2 aromatic rings. The molecule has 0 radical (unpaired) electrons. The van der Waals surface area contributed by atoms with Gasteiger partial charge in [-0.1, -0.05) is 13.3 Å². The molecule has 0 unspecified atom stereocenters. The molecule has 4 amide bonds. The zero-order chi connectivity index (χ0) is 23.6. The van der Waals surface area contributed by atoms with E-state index in [-0.39, 0.29) is 12.5 Å². The van der Waals surface area contributed by atoms with Gasteiger partial charge in [-0.15, -0.1) is 0 Å². The van der Waals surface area contributed by atoms with Gasteiger partial charge in [-0.2, -0.15) is 0 Å². The Morgan fingerprint density at radius 3 is 2.39 bits per heavy atom. The summed E-state index contributed by atoms with van der Waals surface area (Å²) in [7, 11) is 0. The topological polar surface area (TPSA) is 104 Å². The van der Waals surface area contributed by atoms with E-state index in [1.54, 1.807) is 12.1 Å². The summed E-state index contributed by atoms with van der Waals surface area (Å²) in [6.07, 6.45) is 4.19. The van der Waals surface area contributed by atoms with Crippen molar-refractivity contribution in [2.75, 3.05) is 11.9 Å². The second-order valence-corrected chi connectivity index (χ2v) is 9.90. The highest BCUT2D eigenvalue weighted by molar-refractivity contribution is 7.99. The van der Waals surface area contributed by atoms with Crippen molar-refractivity contribution >= 4 is 35.3 Å². The van der Waals surface area contributed by atoms with Gasteiger partial charge in [0.05, 0.1) is 0 Å². The number of aromatic nitrogens is 2. The zero-order valence-corrected chi connectivity index (χ0v) is 20.0. The summed E-state index contributed by atoms with van der Waals surface area (Å²) in [5.41, 5.74) is 1.58. The largest absolute Gasteiger partial charge is 0.325 e. The third-order valence-corrected chi connectivity index (χ3v) is 7.27. The molecule has 1 aromatic carbocycles. The van der Waals surface area contributed by atoms with Crippen molar-refractivity contribution in [3.8, 4) is 0 Å². The maximum atomic E-state index is 13.0. The number of hydrogen-bond donors (Lipinski definition) is 2. The number of carbonyl (C=O) groups excluding carboxylic acids is 3. The predicted octanol–water partition coefficient (Wildman–Crippen LogP) is 4.07. The highest BCUT2D eigenvalue weighted by atomic mass is 32.2. The third kappa shape index (κ3) is 5.19. The second kappa shape index (κ2) is 9.51. The lowest BCUT2D eigenvalue weighted by molar-refractivity contribution is -0.135. The van der Waals surface area contributed by atoms with E-state index in [0.29, 0.717) is 29.6 Å². The van der Waals surface area contributed by atoms with Crippen molar-refractivity contribution in [3.63, 3.8) is 0 Å². The first-order chi connectivity index (χ1) is 15.8. The first-order valence-electron chi connectivity index (χ1n) is 11.3. The van der Waals surface area contributed by atoms with E-state index >= 15 is 0 Å². The zero-order valence-electron chi connectivity index (χ0n) is 19.2. The molecule has 2 fully saturated rings. The van der Waals surface area contributed by atoms with Crippen molar-refractivity contribution in [2.45, 2.75) is 68.5 Å². The summed E-state index contributed by atoms with van der Waals surface area (Å²) >= 11 is 1.44. The molecule has 1 spiro atoms. The van der Waals surface area contributed by atoms with Crippen LogP contribution in [-0.2, 0) is 9.59 Å². The Hall–Kier alpha value is -2.94. The maximum Gasteiger partial charge on any atom is 0.325 e. The number of anilines is 1. The molecular formula is C24H29N5O3S. The van der Waals surface area contributed by atoms with E-state index < -0.39 is 17.5 Å². The molecule has 4 rings (SSSR count). The van der Waals surface area contributed by atoms with Gasteiger partial charge in [-0.3, -0.25) is 14.5 Å². The van der Waals surface area contributed by atoms with Gasteiger partial charge in [0.2, 0.25) is 5.91 Å². The minimum absolute atomic E-state index is 0.280. The van der Waals surface area contributed by atoms with Crippen LogP contribution in [0.25, 0.3) is 0 Å². The van der Waals surface area contributed by atoms with E-state index in [0.717, 1.165) is 40.4 Å². The molecule has 0 bridgehead atoms. The van der Waals surface area contributed by atoms with Crippen LogP contribution in [0.15, 0.2) is 40.4 Å². The summed E-state index contributed by atoms with van der Waals surface area (Å²) in [4.78, 5) is 48.9. The Morgan fingerprint density at radius 2 is 1.79 bits per heavy atom. The monoisotopic (exact) mass is 467 g/mol. The van der Waals surface area contributed by atoms with E-state index in [1.807, 2.05) is 32.0 Å². The van der Waals surface area contributed by atoms with Crippen molar-refractivity contribution in [3.05, 3.63) is 41.7 Å². The lowest BCUT2D eigenvalue weighted by Gasteiger charge is -2.34. The number of rotatable bonds is 6. The number of nitrogens with one attached hydrogen (secondary N) is 2. The molecule has 1 aromatic heterocycles. The summed E-state index contributed by atoms with van der Waals surface area (Å²) in [6, 6.07) is 8.74. The van der Waals surface area contributed by atoms with Gasteiger partial charge in [-0.05, 0) is 87.5 Å². The Bertz CT molecular complexity index is 1040. The Balaban J connectivity index is 1.34. The molecular weight excluding hydrogens is 438 g/mol. The Labute approximate surface area is 197 Å². The summed E-state index contributed by atoms with van der Waals surface area (Å²) in [5, 5.41) is 6.31. The van der Waals surface area contributed by atoms with Crippen LogP contribution in [0.1, 0.15) is 50.4 Å². The SMILES string of the molecule is CCC1CCC2(CC1)NC(=O)N(CC(=O)Nc1ccc(Sc3nc(C)cc(C)n3)cc1)C2=O. The molecule has 2 heterocycles. The smallest absolute Gasteiger partial charge is 0.325 e. The fourth-order valence-electron chi connectivity index (χ4n) is 4.53. The molecule has 33 heavy (non-hydrogen) atoms. The van der Waals surface area contributed by atoms with Crippen molar-refractivity contribution in [1.82, 2.24) is 20.2 Å². The Morgan fingerprint density at radius 1 is 1.15 bits per heavy atom. The van der Waals surface area contributed by atoms with E-state index in [2.05, 4.69) is 27.5 Å². The number of aryl methyl sites for hydroxylation is 2. The van der Waals surface area contributed by atoms with Gasteiger partial charge in [0, 0.05) is 22.0 Å². The Kier molecular flexibility index (Phi) is 6.69. The average Bonchev–Trinajstić information content (AvgIpc) is 2.99. The number of imide groups is 1. The average molecular weight is 468 g/mol. The molecule has 1 saturated heterocycles. The van der Waals surface area contributed by atoms with Gasteiger partial charge in [0.15, 0.2) is 5.16 Å². The van der Waals surface area contributed by atoms with Crippen LogP contribution in [0.2, 0.25) is 0 Å². The van der Waals surface area contributed by atoms with Gasteiger partial charge >= 0.3 is 6.03 Å². The van der Waals surface area contributed by atoms with Gasteiger partial charge < -0.3 is 10.6 Å². The highest BCUT2D eigenvalue weighted by Gasteiger charge is 2.52. The summed E-state index contributed by atoms with van der Waals surface area (Å²) in [5.74, 6) is -0.0893. The maximum absolute atomic E-state index is 13.0. The summed E-state index contributed by atoms with van der Waals surface area (Å²) in [6.45, 7) is 5.72. The number of nitrogens with zero attached hydrogens (tertiary/aromatic N) is 3. The molecule has 9 heteroatoms. The third-order valence-electron chi connectivity index (χ3n) is 6.39. The number of hydrogen-bond acceptors (Lipinski definition) is 6. The second-order valence-electron chi connectivity index (χ2n) is 8.86. The van der Waals surface area contributed by atoms with Crippen LogP contribution in [0.3, 0.4) is 0 Å². The molecule has 1 aliphatic heterocycles. The first kappa shape index (κ1) is 23.2. The number of benzene rings is 1. The predicted molar refractivity (Wildman–Crippen MR) is 126 cm³/mol. The first-order valence-corrected chi connectivity index (χ1v) is 12.1. The van der Waals surface area contributed by atoms with Gasteiger partial charge in [0.1, 0.15) is 12.1 Å². The lowest BCUT2D eigenvalue weighted by atomic mass is 9.75. The van der Waals surface area contributed by atoms with Gasteiger partial charge in [-0.25, -0.2) is 14.8 Å². The molecule has 2 aliphatic rings. The van der Waals surface area contributed by atoms with Gasteiger partial charge in [0.25, 0.3) is 5.91 Å². The van der Waals surface area contributed by atoms with Crippen molar-refractivity contribution in [2.24, 2.45) is 5.92 Å². The quantitative estimate of drug-likeness (QED) is 0.490. The molecule has 2 N–H and O–H groups in total. The highest BCUT2D eigenvalue weighted by Crippen LogP contribution is 2.37. The number of urea groups is 1. The minimum atomic E-state index is -0.835. The number of amides is 4. The van der Waals surface area contributed by atoms with Crippen LogP contribution in [0, 0.1) is 19.8 Å². The number of carbonyl (C=O) groups is 3. The normalized spacial score (nSPS) is 22.5. The van der Waals surface area contributed by atoms with Crippen LogP contribution in [0.4, 0.5) is 10.5 Å². The molecule has 0 atom stereocenters. The van der Waals surface area contributed by atoms with Crippen molar-refractivity contribution in [1.29, 1.82) is 0 Å². The molecule has 8 nitrogen and oxygen atoms in total. The van der Waals surface area contributed by atoms with Crippen LogP contribution in [-0.4, -0.2) is 44.8 Å².